The molecular weight excluding hydrogens is 462 g/mol. The van der Waals surface area contributed by atoms with E-state index in [1.54, 1.807) is 41.3 Å². The normalized spacial score (nSPS) is 10.7. The van der Waals surface area contributed by atoms with E-state index in [-0.39, 0.29) is 5.69 Å². The van der Waals surface area contributed by atoms with Crippen LogP contribution in [-0.2, 0) is 5.75 Å². The van der Waals surface area contributed by atoms with Crippen molar-refractivity contribution in [3.63, 3.8) is 0 Å². The maximum Gasteiger partial charge on any atom is 0.278 e. The fraction of sp³-hybridized carbons (Fsp3) is 0.0909. The van der Waals surface area contributed by atoms with E-state index in [0.29, 0.717) is 38.6 Å². The number of thioether (sulfide) groups is 1. The van der Waals surface area contributed by atoms with Crippen molar-refractivity contribution >= 4 is 40.9 Å². The first kappa shape index (κ1) is 22.4. The highest BCUT2D eigenvalue weighted by molar-refractivity contribution is 7.98. The third-order valence-electron chi connectivity index (χ3n) is 4.69. The van der Waals surface area contributed by atoms with Gasteiger partial charge in [-0.25, -0.2) is 14.6 Å². The number of nitrogens with two attached hydrogens (primary N) is 1. The molecule has 9 nitrogen and oxygen atoms in total. The van der Waals surface area contributed by atoms with E-state index in [1.807, 2.05) is 19.1 Å². The molecule has 0 saturated carbocycles. The van der Waals surface area contributed by atoms with Crippen LogP contribution < -0.4 is 11.1 Å². The van der Waals surface area contributed by atoms with Crippen LogP contribution in [0.25, 0.3) is 5.69 Å². The number of nitrogens with zero attached hydrogens (tertiary/aromatic N) is 5. The molecule has 33 heavy (non-hydrogen) atoms. The molecule has 0 unspecified atom stereocenters. The summed E-state index contributed by atoms with van der Waals surface area (Å²) in [7, 11) is 0. The minimum Gasteiger partial charge on any atom is -0.366 e. The number of nitrogens with one attached hydrogen (secondary N) is 1. The monoisotopic (exact) mass is 479 g/mol. The lowest BCUT2D eigenvalue weighted by molar-refractivity contribution is 0.0997. The molecule has 0 fully saturated rings. The number of anilines is 1. The Kier molecular flexibility index (Phi) is 6.66. The summed E-state index contributed by atoms with van der Waals surface area (Å²) in [6.07, 6.45) is 3.29. The number of halogens is 1. The van der Waals surface area contributed by atoms with Crippen molar-refractivity contribution in [2.24, 2.45) is 5.73 Å². The third-order valence-corrected chi connectivity index (χ3v) is 5.98. The largest absolute Gasteiger partial charge is 0.366 e. The third kappa shape index (κ3) is 5.18. The number of amides is 2. The molecule has 11 heteroatoms. The van der Waals surface area contributed by atoms with E-state index < -0.39 is 11.8 Å². The molecule has 2 heterocycles. The Morgan fingerprint density at radius 2 is 1.85 bits per heavy atom. The zero-order valence-electron chi connectivity index (χ0n) is 17.4. The Balaban J connectivity index is 1.65. The van der Waals surface area contributed by atoms with Gasteiger partial charge >= 0.3 is 0 Å². The summed E-state index contributed by atoms with van der Waals surface area (Å²) in [5.41, 5.74) is 8.40. The Labute approximate surface area is 198 Å². The standard InChI is InChI=1S/C22H18ClN7O2S/c1-13-3-8-16(11-17(13)23)30-18(12-33-22-25-9-2-10-26-22)19(28-29-30)21(32)27-15-6-4-14(5-7-15)20(24)31/h2-11H,12H2,1H3,(H2,24,31)(H,27,32). The second kappa shape index (κ2) is 9.80. The maximum absolute atomic E-state index is 13.0. The van der Waals surface area contributed by atoms with Crippen molar-refractivity contribution in [3.8, 4) is 5.69 Å². The molecule has 166 valence electrons. The molecule has 2 amide bonds. The minimum atomic E-state index is -0.546. The van der Waals surface area contributed by atoms with Gasteiger partial charge in [0.2, 0.25) is 5.91 Å². The molecule has 0 bridgehead atoms. The van der Waals surface area contributed by atoms with Gasteiger partial charge in [-0.15, -0.1) is 5.10 Å². The average molecular weight is 480 g/mol. The van der Waals surface area contributed by atoms with Gasteiger partial charge in [-0.05, 0) is 55.0 Å². The molecular formula is C22H18ClN7O2S. The topological polar surface area (TPSA) is 129 Å². The summed E-state index contributed by atoms with van der Waals surface area (Å²) in [5.74, 6) is -0.655. The molecule has 0 aliphatic carbocycles. The lowest BCUT2D eigenvalue weighted by Crippen LogP contribution is -2.16. The first-order chi connectivity index (χ1) is 15.9. The van der Waals surface area contributed by atoms with Crippen molar-refractivity contribution in [1.29, 1.82) is 0 Å². The van der Waals surface area contributed by atoms with E-state index >= 15 is 0 Å². The van der Waals surface area contributed by atoms with Gasteiger partial charge in [-0.3, -0.25) is 9.59 Å². The van der Waals surface area contributed by atoms with Crippen LogP contribution >= 0.6 is 23.4 Å². The van der Waals surface area contributed by atoms with Gasteiger partial charge in [0, 0.05) is 34.4 Å². The van der Waals surface area contributed by atoms with Gasteiger partial charge in [0.05, 0.1) is 11.4 Å². The van der Waals surface area contributed by atoms with Crippen LogP contribution in [0.15, 0.2) is 66.1 Å². The molecule has 4 rings (SSSR count). The van der Waals surface area contributed by atoms with Crippen molar-refractivity contribution < 1.29 is 9.59 Å². The van der Waals surface area contributed by atoms with Crippen molar-refractivity contribution in [3.05, 3.63) is 88.5 Å². The molecule has 3 N–H and O–H groups in total. The van der Waals surface area contributed by atoms with Crippen molar-refractivity contribution in [1.82, 2.24) is 25.0 Å². The Bertz CT molecular complexity index is 1310. The number of aromatic nitrogens is 5. The predicted molar refractivity (Wildman–Crippen MR) is 126 cm³/mol. The van der Waals surface area contributed by atoms with Crippen molar-refractivity contribution in [2.75, 3.05) is 5.32 Å². The number of benzene rings is 2. The summed E-state index contributed by atoms with van der Waals surface area (Å²) in [5, 5.41) is 12.2. The first-order valence-corrected chi connectivity index (χ1v) is 11.1. The number of carbonyl (C=O) groups is 2. The summed E-state index contributed by atoms with van der Waals surface area (Å²) >= 11 is 7.65. The second-order valence-electron chi connectivity index (χ2n) is 6.95. The molecule has 2 aromatic heterocycles. The smallest absolute Gasteiger partial charge is 0.278 e. The van der Waals surface area contributed by atoms with E-state index in [9.17, 15) is 9.59 Å². The van der Waals surface area contributed by atoms with Crippen LogP contribution in [0, 0.1) is 6.92 Å². The quantitative estimate of drug-likeness (QED) is 0.305. The van der Waals surface area contributed by atoms with E-state index in [0.717, 1.165) is 5.56 Å². The molecule has 0 spiro atoms. The maximum atomic E-state index is 13.0. The Morgan fingerprint density at radius 1 is 1.12 bits per heavy atom. The highest BCUT2D eigenvalue weighted by Crippen LogP contribution is 2.25. The van der Waals surface area contributed by atoms with Crippen LogP contribution in [0.5, 0.6) is 0 Å². The second-order valence-corrected chi connectivity index (χ2v) is 8.30. The fourth-order valence-electron chi connectivity index (χ4n) is 2.93. The van der Waals surface area contributed by atoms with Gasteiger partial charge in [-0.2, -0.15) is 0 Å². The van der Waals surface area contributed by atoms with E-state index in [4.69, 9.17) is 17.3 Å². The fourth-order valence-corrected chi connectivity index (χ4v) is 3.90. The number of hydrogen-bond acceptors (Lipinski definition) is 7. The zero-order valence-corrected chi connectivity index (χ0v) is 19.0. The molecule has 0 aliphatic heterocycles. The predicted octanol–water partition coefficient (Wildman–Crippen LogP) is 3.66. The molecule has 0 atom stereocenters. The van der Waals surface area contributed by atoms with Gasteiger partial charge < -0.3 is 11.1 Å². The number of primary amides is 1. The number of hydrogen-bond donors (Lipinski definition) is 2. The lowest BCUT2D eigenvalue weighted by atomic mass is 10.2. The summed E-state index contributed by atoms with van der Waals surface area (Å²) in [6, 6.07) is 13.5. The van der Waals surface area contributed by atoms with Crippen LogP contribution in [0.2, 0.25) is 5.02 Å². The van der Waals surface area contributed by atoms with Gasteiger partial charge in [0.1, 0.15) is 0 Å². The average Bonchev–Trinajstić information content (AvgIpc) is 3.24. The number of rotatable bonds is 7. The molecule has 0 saturated heterocycles. The first-order valence-electron chi connectivity index (χ1n) is 9.74. The van der Waals surface area contributed by atoms with Gasteiger partial charge in [0.25, 0.3) is 5.91 Å². The lowest BCUT2D eigenvalue weighted by Gasteiger charge is -2.09. The van der Waals surface area contributed by atoms with Crippen LogP contribution in [0.3, 0.4) is 0 Å². The number of carbonyl (C=O) groups excluding carboxylic acids is 2. The highest BCUT2D eigenvalue weighted by Gasteiger charge is 2.22. The summed E-state index contributed by atoms with van der Waals surface area (Å²) in [6.45, 7) is 1.90. The Morgan fingerprint density at radius 3 is 2.52 bits per heavy atom. The van der Waals surface area contributed by atoms with E-state index in [2.05, 4.69) is 25.6 Å². The van der Waals surface area contributed by atoms with Gasteiger partial charge in [0.15, 0.2) is 10.9 Å². The van der Waals surface area contributed by atoms with Crippen LogP contribution in [0.4, 0.5) is 5.69 Å². The summed E-state index contributed by atoms with van der Waals surface area (Å²) in [4.78, 5) is 32.7. The SMILES string of the molecule is Cc1ccc(-n2nnc(C(=O)Nc3ccc(C(N)=O)cc3)c2CSc2ncccn2)cc1Cl. The summed E-state index contributed by atoms with van der Waals surface area (Å²) < 4.78 is 1.58. The van der Waals surface area contributed by atoms with Crippen LogP contribution in [0.1, 0.15) is 32.1 Å². The van der Waals surface area contributed by atoms with Gasteiger partial charge in [-0.1, -0.05) is 34.6 Å². The van der Waals surface area contributed by atoms with Crippen LogP contribution in [-0.4, -0.2) is 36.8 Å². The molecule has 4 aromatic rings. The number of aryl methyl sites for hydroxylation is 1. The Hall–Kier alpha value is -3.76. The molecule has 0 aliphatic rings. The highest BCUT2D eigenvalue weighted by atomic mass is 35.5. The van der Waals surface area contributed by atoms with Crippen molar-refractivity contribution in [2.45, 2.75) is 17.8 Å². The van der Waals surface area contributed by atoms with E-state index in [1.165, 1.54) is 23.9 Å². The minimum absolute atomic E-state index is 0.147. The molecule has 0 radical (unpaired) electrons. The molecule has 2 aromatic carbocycles. The zero-order chi connectivity index (χ0) is 23.4.